The molecule has 0 unspecified atom stereocenters. The van der Waals surface area contributed by atoms with Crippen LogP contribution in [0.3, 0.4) is 0 Å². The molecule has 1 aliphatic rings. The van der Waals surface area contributed by atoms with Crippen molar-refractivity contribution < 1.29 is 24.6 Å². The normalized spacial score (nSPS) is 14.6. The summed E-state index contributed by atoms with van der Waals surface area (Å²) in [5.74, 6) is -2.08. The van der Waals surface area contributed by atoms with E-state index in [0.717, 1.165) is 0 Å². The van der Waals surface area contributed by atoms with E-state index in [-0.39, 0.29) is 30.9 Å². The summed E-state index contributed by atoms with van der Waals surface area (Å²) in [5.41, 5.74) is 1.27. The number of carbonyl (C=O) groups excluding carboxylic acids is 1. The Kier molecular flexibility index (Phi) is 4.11. The van der Waals surface area contributed by atoms with E-state index in [1.807, 2.05) is 0 Å². The number of amides is 1. The molecule has 1 aliphatic heterocycles. The average Bonchev–Trinajstić information content (AvgIpc) is 2.55. The zero-order valence-corrected chi connectivity index (χ0v) is 11.6. The van der Waals surface area contributed by atoms with Crippen molar-refractivity contribution in [1.82, 2.24) is 0 Å². The molecule has 0 radical (unpaired) electrons. The number of carboxylic acids is 2. The minimum atomic E-state index is -1.06. The number of aliphatic carboxylic acids is 1. The van der Waals surface area contributed by atoms with Crippen molar-refractivity contribution in [1.29, 1.82) is 0 Å². The lowest BCUT2D eigenvalue weighted by Gasteiger charge is -2.25. The largest absolute Gasteiger partial charge is 0.481 e. The van der Waals surface area contributed by atoms with Gasteiger partial charge in [-0.3, -0.25) is 9.59 Å². The Morgan fingerprint density at radius 2 is 1.95 bits per heavy atom. The Morgan fingerprint density at radius 3 is 2.57 bits per heavy atom. The van der Waals surface area contributed by atoms with E-state index in [4.69, 9.17) is 10.2 Å². The Hall–Kier alpha value is -2.57. The predicted molar refractivity (Wildman–Crippen MR) is 75.9 cm³/mol. The second kappa shape index (κ2) is 5.82. The number of hydrogen-bond donors (Lipinski definition) is 2. The van der Waals surface area contributed by atoms with Gasteiger partial charge in [-0.1, -0.05) is 0 Å². The van der Waals surface area contributed by atoms with Crippen LogP contribution in [0.15, 0.2) is 18.2 Å². The molecule has 0 atom stereocenters. The quantitative estimate of drug-likeness (QED) is 0.860. The number of carboxylic acid groups (broad SMARTS) is 2. The lowest BCUT2D eigenvalue weighted by Crippen LogP contribution is -2.27. The monoisotopic (exact) mass is 292 g/mol. The van der Waals surface area contributed by atoms with Gasteiger partial charge in [0, 0.05) is 26.6 Å². The summed E-state index contributed by atoms with van der Waals surface area (Å²) < 4.78 is 0. The van der Waals surface area contributed by atoms with Gasteiger partial charge in [0.25, 0.3) is 0 Å². The molecule has 1 aromatic carbocycles. The highest BCUT2D eigenvalue weighted by Gasteiger charge is 2.24. The van der Waals surface area contributed by atoms with Gasteiger partial charge in [0.2, 0.25) is 5.91 Å². The summed E-state index contributed by atoms with van der Waals surface area (Å²) in [6, 6.07) is 4.50. The second-order valence-electron chi connectivity index (χ2n) is 4.84. The number of aromatic carboxylic acids is 1. The van der Waals surface area contributed by atoms with Gasteiger partial charge in [-0.05, 0) is 18.2 Å². The van der Waals surface area contributed by atoms with Gasteiger partial charge in [-0.25, -0.2) is 4.79 Å². The topological polar surface area (TPSA) is 98.2 Å². The van der Waals surface area contributed by atoms with Crippen LogP contribution >= 0.6 is 0 Å². The first-order valence-corrected chi connectivity index (χ1v) is 6.51. The van der Waals surface area contributed by atoms with Gasteiger partial charge in [-0.15, -0.1) is 0 Å². The number of fused-ring (bicyclic) bond motifs is 1. The highest BCUT2D eigenvalue weighted by molar-refractivity contribution is 6.00. The number of benzene rings is 1. The van der Waals surface area contributed by atoms with Crippen LogP contribution in [0.4, 0.5) is 11.4 Å². The average molecular weight is 292 g/mol. The third kappa shape index (κ3) is 3.13. The van der Waals surface area contributed by atoms with E-state index in [2.05, 4.69) is 0 Å². The summed E-state index contributed by atoms with van der Waals surface area (Å²) in [4.78, 5) is 37.0. The lowest BCUT2D eigenvalue weighted by molar-refractivity contribution is -0.136. The first-order chi connectivity index (χ1) is 9.90. The first-order valence-electron chi connectivity index (χ1n) is 6.51. The van der Waals surface area contributed by atoms with E-state index in [1.165, 1.54) is 17.0 Å². The van der Waals surface area contributed by atoms with Crippen molar-refractivity contribution in [3.05, 3.63) is 23.8 Å². The van der Waals surface area contributed by atoms with Crippen molar-refractivity contribution in [2.75, 3.05) is 29.9 Å². The Balaban J connectivity index is 2.43. The standard InChI is InChI=1S/C14H16N2O5/c1-15-10-3-2-9(14(20)21)8-11(10)16(6-4-12(15)17)7-5-13(18)19/h2-3,8H,4-7H2,1H3,(H,18,19)(H,20,21). The third-order valence-electron chi connectivity index (χ3n) is 3.49. The number of nitrogens with zero attached hydrogens (tertiary/aromatic N) is 2. The Labute approximate surface area is 121 Å². The molecule has 112 valence electrons. The van der Waals surface area contributed by atoms with Gasteiger partial charge in [0.05, 0.1) is 23.4 Å². The number of rotatable bonds is 4. The maximum absolute atomic E-state index is 11.9. The predicted octanol–water partition coefficient (Wildman–Crippen LogP) is 1.03. The van der Waals surface area contributed by atoms with E-state index in [9.17, 15) is 14.4 Å². The minimum absolute atomic E-state index is 0.0748. The number of carbonyl (C=O) groups is 3. The van der Waals surface area contributed by atoms with Gasteiger partial charge in [0.15, 0.2) is 0 Å². The first kappa shape index (κ1) is 14.8. The summed E-state index contributed by atoms with van der Waals surface area (Å²) >= 11 is 0. The molecule has 21 heavy (non-hydrogen) atoms. The van der Waals surface area contributed by atoms with Crippen LogP contribution in [0.1, 0.15) is 23.2 Å². The molecule has 0 aromatic heterocycles. The molecule has 2 N–H and O–H groups in total. The van der Waals surface area contributed by atoms with Crippen molar-refractivity contribution >= 4 is 29.2 Å². The second-order valence-corrected chi connectivity index (χ2v) is 4.84. The zero-order valence-electron chi connectivity index (χ0n) is 11.6. The Morgan fingerprint density at radius 1 is 1.24 bits per heavy atom. The molecule has 7 nitrogen and oxygen atoms in total. The molecule has 1 amide bonds. The van der Waals surface area contributed by atoms with Crippen LogP contribution in [0, 0.1) is 0 Å². The van der Waals surface area contributed by atoms with Gasteiger partial charge in [0.1, 0.15) is 0 Å². The summed E-state index contributed by atoms with van der Waals surface area (Å²) in [5, 5.41) is 17.9. The van der Waals surface area contributed by atoms with Crippen molar-refractivity contribution in [3.63, 3.8) is 0 Å². The molecule has 0 saturated carbocycles. The highest BCUT2D eigenvalue weighted by Crippen LogP contribution is 2.33. The highest BCUT2D eigenvalue weighted by atomic mass is 16.4. The molecule has 0 aliphatic carbocycles. The van der Waals surface area contributed by atoms with Gasteiger partial charge >= 0.3 is 11.9 Å². The fourth-order valence-corrected chi connectivity index (χ4v) is 2.31. The Bertz CT molecular complexity index is 599. The van der Waals surface area contributed by atoms with Gasteiger partial charge in [-0.2, -0.15) is 0 Å². The lowest BCUT2D eigenvalue weighted by atomic mass is 10.1. The van der Waals surface area contributed by atoms with Crippen LogP contribution in [-0.4, -0.2) is 48.2 Å². The molecule has 0 saturated heterocycles. The van der Waals surface area contributed by atoms with Crippen LogP contribution in [0.5, 0.6) is 0 Å². The minimum Gasteiger partial charge on any atom is -0.481 e. The van der Waals surface area contributed by atoms with Crippen molar-refractivity contribution in [2.24, 2.45) is 0 Å². The van der Waals surface area contributed by atoms with Crippen LogP contribution in [0.2, 0.25) is 0 Å². The van der Waals surface area contributed by atoms with Gasteiger partial charge < -0.3 is 20.0 Å². The summed E-state index contributed by atoms with van der Waals surface area (Å²) in [6.45, 7) is 0.596. The molecule has 0 bridgehead atoms. The molecular weight excluding hydrogens is 276 g/mol. The van der Waals surface area contributed by atoms with E-state index in [0.29, 0.717) is 17.9 Å². The fourth-order valence-electron chi connectivity index (χ4n) is 2.31. The van der Waals surface area contributed by atoms with E-state index < -0.39 is 11.9 Å². The molecular formula is C14H16N2O5. The molecule has 2 rings (SSSR count). The molecule has 1 heterocycles. The third-order valence-corrected chi connectivity index (χ3v) is 3.49. The summed E-state index contributed by atoms with van der Waals surface area (Å²) in [6.07, 6.45) is 0.182. The molecule has 0 fully saturated rings. The summed E-state index contributed by atoms with van der Waals surface area (Å²) in [7, 11) is 1.63. The van der Waals surface area contributed by atoms with E-state index in [1.54, 1.807) is 18.0 Å². The molecule has 7 heteroatoms. The van der Waals surface area contributed by atoms with Crippen LogP contribution in [0.25, 0.3) is 0 Å². The fraction of sp³-hybridized carbons (Fsp3) is 0.357. The molecule has 0 spiro atoms. The smallest absolute Gasteiger partial charge is 0.335 e. The number of anilines is 2. The van der Waals surface area contributed by atoms with Crippen LogP contribution < -0.4 is 9.80 Å². The zero-order chi connectivity index (χ0) is 15.6. The SMILES string of the molecule is CN1C(=O)CCN(CCC(=O)O)c2cc(C(=O)O)ccc21. The van der Waals surface area contributed by atoms with E-state index >= 15 is 0 Å². The number of hydrogen-bond acceptors (Lipinski definition) is 4. The maximum Gasteiger partial charge on any atom is 0.335 e. The molecule has 1 aromatic rings. The van der Waals surface area contributed by atoms with Crippen molar-refractivity contribution in [2.45, 2.75) is 12.8 Å². The van der Waals surface area contributed by atoms with Crippen molar-refractivity contribution in [3.8, 4) is 0 Å². The maximum atomic E-state index is 11.9. The van der Waals surface area contributed by atoms with Crippen LogP contribution in [-0.2, 0) is 9.59 Å².